The highest BCUT2D eigenvalue weighted by Crippen LogP contribution is 2.36. The first kappa shape index (κ1) is 14.1. The Morgan fingerprint density at radius 1 is 1.47 bits per heavy atom. The summed E-state index contributed by atoms with van der Waals surface area (Å²) < 4.78 is 38.8. The van der Waals surface area contributed by atoms with Crippen LogP contribution in [0, 0.1) is 5.92 Å². The molecule has 1 aliphatic rings. The number of halogens is 3. The normalized spacial score (nSPS) is 22.4. The van der Waals surface area contributed by atoms with Crippen molar-refractivity contribution < 1.29 is 18.3 Å². The standard InChI is InChI=1S/C13H17F3N2O/c1-9(19)10-4-3-7-18(8-10)12-11(13(14,15)16)5-2-6-17-12/h2,5-6,9-10,19H,3-4,7-8H2,1H3. The van der Waals surface area contributed by atoms with Gasteiger partial charge in [0.15, 0.2) is 0 Å². The molecule has 0 radical (unpaired) electrons. The van der Waals surface area contributed by atoms with Gasteiger partial charge in [0, 0.05) is 25.2 Å². The van der Waals surface area contributed by atoms with E-state index in [0.29, 0.717) is 13.1 Å². The van der Waals surface area contributed by atoms with Crippen LogP contribution in [0.15, 0.2) is 18.3 Å². The Bertz CT molecular complexity index is 434. The summed E-state index contributed by atoms with van der Waals surface area (Å²) in [5.74, 6) is -0.0304. The van der Waals surface area contributed by atoms with Gasteiger partial charge in [0.1, 0.15) is 5.82 Å². The summed E-state index contributed by atoms with van der Waals surface area (Å²) in [5.41, 5.74) is -0.707. The molecule has 1 aromatic rings. The van der Waals surface area contributed by atoms with Crippen LogP contribution in [0.25, 0.3) is 0 Å². The first-order valence-corrected chi connectivity index (χ1v) is 6.35. The van der Waals surface area contributed by atoms with Crippen molar-refractivity contribution in [2.75, 3.05) is 18.0 Å². The molecule has 19 heavy (non-hydrogen) atoms. The summed E-state index contributed by atoms with van der Waals surface area (Å²) in [6, 6.07) is 2.34. The van der Waals surface area contributed by atoms with Crippen LogP contribution in [0.5, 0.6) is 0 Å². The van der Waals surface area contributed by atoms with E-state index in [1.54, 1.807) is 11.8 Å². The van der Waals surface area contributed by atoms with E-state index in [-0.39, 0.29) is 11.7 Å². The molecule has 2 atom stereocenters. The second-order valence-corrected chi connectivity index (χ2v) is 4.96. The average molecular weight is 274 g/mol. The van der Waals surface area contributed by atoms with Gasteiger partial charge in [-0.3, -0.25) is 0 Å². The summed E-state index contributed by atoms with van der Waals surface area (Å²) in [6.45, 7) is 2.64. The molecule has 0 bridgehead atoms. The Labute approximate surface area is 110 Å². The fourth-order valence-electron chi connectivity index (χ4n) is 2.47. The fraction of sp³-hybridized carbons (Fsp3) is 0.615. The van der Waals surface area contributed by atoms with E-state index in [1.807, 2.05) is 0 Å². The van der Waals surface area contributed by atoms with Crippen molar-refractivity contribution in [3.8, 4) is 0 Å². The van der Waals surface area contributed by atoms with Crippen molar-refractivity contribution in [3.63, 3.8) is 0 Å². The van der Waals surface area contributed by atoms with Gasteiger partial charge in [-0.25, -0.2) is 4.98 Å². The number of hydrogen-bond donors (Lipinski definition) is 1. The number of alkyl halides is 3. The van der Waals surface area contributed by atoms with Gasteiger partial charge in [0.2, 0.25) is 0 Å². The Kier molecular flexibility index (Phi) is 3.99. The zero-order valence-electron chi connectivity index (χ0n) is 10.7. The molecule has 1 saturated heterocycles. The molecule has 3 nitrogen and oxygen atoms in total. The predicted octanol–water partition coefficient (Wildman–Crippen LogP) is 2.70. The molecule has 1 aromatic heterocycles. The van der Waals surface area contributed by atoms with Gasteiger partial charge >= 0.3 is 6.18 Å². The van der Waals surface area contributed by atoms with Crippen molar-refractivity contribution in [2.24, 2.45) is 5.92 Å². The molecule has 2 rings (SSSR count). The minimum Gasteiger partial charge on any atom is -0.393 e. The molecule has 1 aliphatic heterocycles. The van der Waals surface area contributed by atoms with Crippen molar-refractivity contribution in [1.29, 1.82) is 0 Å². The lowest BCUT2D eigenvalue weighted by atomic mass is 9.93. The van der Waals surface area contributed by atoms with Crippen molar-refractivity contribution in [2.45, 2.75) is 32.0 Å². The number of anilines is 1. The van der Waals surface area contributed by atoms with Gasteiger partial charge in [-0.15, -0.1) is 0 Å². The van der Waals surface area contributed by atoms with Crippen LogP contribution in [0.4, 0.5) is 19.0 Å². The lowest BCUT2D eigenvalue weighted by Crippen LogP contribution is -2.40. The maximum Gasteiger partial charge on any atom is 0.419 e. The molecule has 2 unspecified atom stereocenters. The summed E-state index contributed by atoms with van der Waals surface area (Å²) >= 11 is 0. The maximum atomic E-state index is 12.9. The van der Waals surface area contributed by atoms with E-state index in [1.165, 1.54) is 12.3 Å². The molecule has 2 heterocycles. The fourth-order valence-corrected chi connectivity index (χ4v) is 2.47. The topological polar surface area (TPSA) is 36.4 Å². The van der Waals surface area contributed by atoms with Crippen LogP contribution in [0.3, 0.4) is 0 Å². The molecule has 6 heteroatoms. The maximum absolute atomic E-state index is 12.9. The second-order valence-electron chi connectivity index (χ2n) is 4.96. The van der Waals surface area contributed by atoms with Crippen LogP contribution in [0.1, 0.15) is 25.3 Å². The molecule has 0 saturated carbocycles. The first-order valence-electron chi connectivity index (χ1n) is 6.35. The highest BCUT2D eigenvalue weighted by Gasteiger charge is 2.36. The highest BCUT2D eigenvalue weighted by molar-refractivity contribution is 5.48. The van der Waals surface area contributed by atoms with Gasteiger partial charge in [0.05, 0.1) is 11.7 Å². The monoisotopic (exact) mass is 274 g/mol. The minimum absolute atomic E-state index is 0.00293. The number of aliphatic hydroxyl groups is 1. The third-order valence-electron chi connectivity index (χ3n) is 3.53. The van der Waals surface area contributed by atoms with Gasteiger partial charge in [0.25, 0.3) is 0 Å². The van der Waals surface area contributed by atoms with E-state index < -0.39 is 17.8 Å². The number of pyridine rings is 1. The van der Waals surface area contributed by atoms with Crippen molar-refractivity contribution in [3.05, 3.63) is 23.9 Å². The van der Waals surface area contributed by atoms with E-state index >= 15 is 0 Å². The lowest BCUT2D eigenvalue weighted by molar-refractivity contribution is -0.137. The van der Waals surface area contributed by atoms with Crippen LogP contribution >= 0.6 is 0 Å². The molecule has 0 aromatic carbocycles. The zero-order chi connectivity index (χ0) is 14.0. The Morgan fingerprint density at radius 2 is 2.21 bits per heavy atom. The van der Waals surface area contributed by atoms with Crippen LogP contribution in [-0.2, 0) is 6.18 Å². The third-order valence-corrected chi connectivity index (χ3v) is 3.53. The largest absolute Gasteiger partial charge is 0.419 e. The molecular formula is C13H17F3N2O. The third kappa shape index (κ3) is 3.18. The Hall–Kier alpha value is -1.30. The number of rotatable bonds is 2. The van der Waals surface area contributed by atoms with Gasteiger partial charge in [-0.1, -0.05) is 0 Å². The van der Waals surface area contributed by atoms with E-state index in [0.717, 1.165) is 18.9 Å². The minimum atomic E-state index is -4.40. The van der Waals surface area contributed by atoms with Crippen LogP contribution < -0.4 is 4.90 Å². The predicted molar refractivity (Wildman–Crippen MR) is 65.9 cm³/mol. The number of aliphatic hydroxyl groups excluding tert-OH is 1. The summed E-state index contributed by atoms with van der Waals surface area (Å²) in [5, 5.41) is 9.60. The van der Waals surface area contributed by atoms with Gasteiger partial charge in [-0.05, 0) is 31.9 Å². The smallest absolute Gasteiger partial charge is 0.393 e. The highest BCUT2D eigenvalue weighted by atomic mass is 19.4. The number of nitrogens with zero attached hydrogens (tertiary/aromatic N) is 2. The molecule has 0 spiro atoms. The average Bonchev–Trinajstić information content (AvgIpc) is 2.38. The quantitative estimate of drug-likeness (QED) is 0.900. The lowest BCUT2D eigenvalue weighted by Gasteiger charge is -2.35. The number of hydrogen-bond acceptors (Lipinski definition) is 3. The molecule has 106 valence electrons. The van der Waals surface area contributed by atoms with E-state index in [2.05, 4.69) is 4.98 Å². The molecule has 1 N–H and O–H groups in total. The zero-order valence-corrected chi connectivity index (χ0v) is 10.7. The first-order chi connectivity index (χ1) is 8.89. The number of aromatic nitrogens is 1. The van der Waals surface area contributed by atoms with Crippen LogP contribution in [0.2, 0.25) is 0 Å². The Morgan fingerprint density at radius 3 is 2.84 bits per heavy atom. The van der Waals surface area contributed by atoms with Gasteiger partial charge < -0.3 is 10.0 Å². The van der Waals surface area contributed by atoms with Crippen LogP contribution in [-0.4, -0.2) is 29.3 Å². The molecular weight excluding hydrogens is 257 g/mol. The molecule has 1 fully saturated rings. The Balaban J connectivity index is 2.27. The SMILES string of the molecule is CC(O)C1CCCN(c2ncccc2C(F)(F)F)C1. The van der Waals surface area contributed by atoms with E-state index in [9.17, 15) is 18.3 Å². The molecule has 0 amide bonds. The summed E-state index contributed by atoms with van der Waals surface area (Å²) in [4.78, 5) is 5.52. The summed E-state index contributed by atoms with van der Waals surface area (Å²) in [6.07, 6.45) is -1.94. The number of piperidine rings is 1. The van der Waals surface area contributed by atoms with E-state index in [4.69, 9.17) is 0 Å². The molecule has 0 aliphatic carbocycles. The second kappa shape index (κ2) is 5.36. The van der Waals surface area contributed by atoms with Crippen molar-refractivity contribution >= 4 is 5.82 Å². The van der Waals surface area contributed by atoms with Crippen molar-refractivity contribution in [1.82, 2.24) is 4.98 Å². The summed E-state index contributed by atoms with van der Waals surface area (Å²) in [7, 11) is 0. The van der Waals surface area contributed by atoms with Gasteiger partial charge in [-0.2, -0.15) is 13.2 Å².